The van der Waals surface area contributed by atoms with Crippen molar-refractivity contribution < 1.29 is 9.53 Å². The highest BCUT2D eigenvalue weighted by molar-refractivity contribution is 5.75. The van der Waals surface area contributed by atoms with Gasteiger partial charge in [-0.2, -0.15) is 0 Å². The van der Waals surface area contributed by atoms with E-state index in [4.69, 9.17) is 4.74 Å². The first-order valence-corrected chi connectivity index (χ1v) is 4.55. The van der Waals surface area contributed by atoms with Gasteiger partial charge < -0.3 is 10.1 Å². The molecule has 0 heterocycles. The Kier molecular flexibility index (Phi) is 8.38. The van der Waals surface area contributed by atoms with Crippen molar-refractivity contribution in [3.05, 3.63) is 0 Å². The lowest BCUT2D eigenvalue weighted by Gasteiger charge is -2.02. The summed E-state index contributed by atoms with van der Waals surface area (Å²) in [4.78, 5) is 11.0. The van der Waals surface area contributed by atoms with E-state index in [1.807, 2.05) is 6.92 Å². The van der Waals surface area contributed by atoms with Crippen LogP contribution in [0.15, 0.2) is 0 Å². The van der Waals surface area contributed by atoms with E-state index in [0.717, 1.165) is 6.42 Å². The van der Waals surface area contributed by atoms with E-state index in [9.17, 15) is 4.79 Å². The van der Waals surface area contributed by atoms with E-state index in [-0.39, 0.29) is 5.91 Å². The Labute approximate surface area is 79.8 Å². The molecule has 0 aliphatic carbocycles. The first kappa shape index (κ1) is 12.0. The monoisotopic (exact) mass is 183 g/mol. The fraction of sp³-hybridized carbons (Fsp3) is 0.700. The average molecular weight is 183 g/mol. The zero-order valence-electron chi connectivity index (χ0n) is 8.35. The van der Waals surface area contributed by atoms with Crippen molar-refractivity contribution in [2.45, 2.75) is 26.7 Å². The van der Waals surface area contributed by atoms with Gasteiger partial charge in [-0.05, 0) is 13.8 Å². The molecule has 0 saturated carbocycles. The fourth-order valence-electron chi connectivity index (χ4n) is 0.787. The molecule has 0 aromatic heterocycles. The molecule has 0 unspecified atom stereocenters. The number of amides is 1. The van der Waals surface area contributed by atoms with Crippen LogP contribution in [0.25, 0.3) is 0 Å². The summed E-state index contributed by atoms with van der Waals surface area (Å²) in [6, 6.07) is 0. The van der Waals surface area contributed by atoms with E-state index in [0.29, 0.717) is 26.2 Å². The molecule has 0 spiro atoms. The molecule has 0 aromatic rings. The number of nitrogens with one attached hydrogen (secondary N) is 1. The number of carbonyl (C=O) groups excluding carboxylic acids is 1. The summed E-state index contributed by atoms with van der Waals surface area (Å²) in [6.45, 7) is 5.49. The van der Waals surface area contributed by atoms with Gasteiger partial charge in [-0.15, -0.1) is 11.8 Å². The molecule has 0 atom stereocenters. The van der Waals surface area contributed by atoms with Crippen LogP contribution in [-0.2, 0) is 9.53 Å². The highest BCUT2D eigenvalue weighted by Gasteiger charge is 1.98. The number of ether oxygens (including phenoxy) is 1. The largest absolute Gasteiger partial charge is 0.381 e. The third-order valence-corrected chi connectivity index (χ3v) is 1.43. The molecule has 0 aromatic carbocycles. The minimum Gasteiger partial charge on any atom is -0.381 e. The highest BCUT2D eigenvalue weighted by Crippen LogP contribution is 1.83. The Balaban J connectivity index is 3.23. The Morgan fingerprint density at radius 2 is 2.31 bits per heavy atom. The molecule has 3 nitrogen and oxygen atoms in total. The van der Waals surface area contributed by atoms with Crippen molar-refractivity contribution in [2.24, 2.45) is 0 Å². The maximum Gasteiger partial charge on any atom is 0.222 e. The molecular weight excluding hydrogens is 166 g/mol. The maximum absolute atomic E-state index is 11.0. The van der Waals surface area contributed by atoms with Crippen molar-refractivity contribution >= 4 is 5.91 Å². The smallest absolute Gasteiger partial charge is 0.222 e. The third kappa shape index (κ3) is 8.90. The molecule has 0 radical (unpaired) electrons. The molecule has 0 rings (SSSR count). The summed E-state index contributed by atoms with van der Waals surface area (Å²) in [5, 5.41) is 2.75. The lowest BCUT2D eigenvalue weighted by Crippen LogP contribution is -2.25. The lowest BCUT2D eigenvalue weighted by molar-refractivity contribution is -0.122. The number of carbonyl (C=O) groups is 1. The van der Waals surface area contributed by atoms with Crippen molar-refractivity contribution in [1.82, 2.24) is 5.32 Å². The Morgan fingerprint density at radius 3 is 2.92 bits per heavy atom. The van der Waals surface area contributed by atoms with E-state index < -0.39 is 0 Å². The molecular formula is C10H17NO2. The Hall–Kier alpha value is -1.01. The van der Waals surface area contributed by atoms with Gasteiger partial charge in [-0.3, -0.25) is 4.79 Å². The second-order valence-corrected chi connectivity index (χ2v) is 2.47. The lowest BCUT2D eigenvalue weighted by atomic mass is 10.4. The maximum atomic E-state index is 11.0. The molecule has 13 heavy (non-hydrogen) atoms. The van der Waals surface area contributed by atoms with Gasteiger partial charge in [-0.25, -0.2) is 0 Å². The second kappa shape index (κ2) is 9.08. The van der Waals surface area contributed by atoms with Crippen LogP contribution in [0.4, 0.5) is 0 Å². The summed E-state index contributed by atoms with van der Waals surface area (Å²) in [5.41, 5.74) is 0. The zero-order valence-corrected chi connectivity index (χ0v) is 8.35. The van der Waals surface area contributed by atoms with Crippen LogP contribution in [0.5, 0.6) is 0 Å². The van der Waals surface area contributed by atoms with Crippen molar-refractivity contribution in [3.8, 4) is 11.8 Å². The van der Waals surface area contributed by atoms with Crippen LogP contribution in [-0.4, -0.2) is 25.7 Å². The van der Waals surface area contributed by atoms with E-state index >= 15 is 0 Å². The minimum atomic E-state index is 0.0337. The molecule has 0 fully saturated rings. The fourth-order valence-corrected chi connectivity index (χ4v) is 0.787. The summed E-state index contributed by atoms with van der Waals surface area (Å²) in [6.07, 6.45) is 1.16. The van der Waals surface area contributed by atoms with Gasteiger partial charge >= 0.3 is 0 Å². The van der Waals surface area contributed by atoms with Crippen LogP contribution in [0.2, 0.25) is 0 Å². The SMILES string of the molecule is CC#CCCNC(=O)CCOCC. The third-order valence-electron chi connectivity index (χ3n) is 1.43. The van der Waals surface area contributed by atoms with Crippen LogP contribution in [0.3, 0.4) is 0 Å². The van der Waals surface area contributed by atoms with E-state index in [1.54, 1.807) is 6.92 Å². The van der Waals surface area contributed by atoms with Crippen LogP contribution >= 0.6 is 0 Å². The van der Waals surface area contributed by atoms with Gasteiger partial charge in [0.05, 0.1) is 6.61 Å². The van der Waals surface area contributed by atoms with Gasteiger partial charge in [0, 0.05) is 26.0 Å². The Bertz CT molecular complexity index is 191. The molecule has 0 saturated heterocycles. The minimum absolute atomic E-state index is 0.0337. The van der Waals surface area contributed by atoms with E-state index in [1.165, 1.54) is 0 Å². The van der Waals surface area contributed by atoms with Crippen LogP contribution in [0, 0.1) is 11.8 Å². The van der Waals surface area contributed by atoms with Crippen molar-refractivity contribution in [2.75, 3.05) is 19.8 Å². The second-order valence-electron chi connectivity index (χ2n) is 2.47. The van der Waals surface area contributed by atoms with Crippen molar-refractivity contribution in [1.29, 1.82) is 0 Å². The molecule has 74 valence electrons. The van der Waals surface area contributed by atoms with Crippen LogP contribution in [0.1, 0.15) is 26.7 Å². The molecule has 1 N–H and O–H groups in total. The van der Waals surface area contributed by atoms with E-state index in [2.05, 4.69) is 17.2 Å². The summed E-state index contributed by atoms with van der Waals surface area (Å²) in [5.74, 6) is 5.68. The average Bonchev–Trinajstić information content (AvgIpc) is 2.13. The van der Waals surface area contributed by atoms with Gasteiger partial charge in [-0.1, -0.05) is 0 Å². The zero-order chi connectivity index (χ0) is 9.94. The number of rotatable bonds is 6. The number of hydrogen-bond acceptors (Lipinski definition) is 2. The quantitative estimate of drug-likeness (QED) is 0.491. The van der Waals surface area contributed by atoms with Gasteiger partial charge in [0.15, 0.2) is 0 Å². The molecule has 3 heteroatoms. The first-order chi connectivity index (χ1) is 6.31. The topological polar surface area (TPSA) is 38.3 Å². The normalized spacial score (nSPS) is 8.77. The van der Waals surface area contributed by atoms with Gasteiger partial charge in [0.25, 0.3) is 0 Å². The summed E-state index contributed by atoms with van der Waals surface area (Å²) >= 11 is 0. The predicted molar refractivity (Wildman–Crippen MR) is 52.2 cm³/mol. The first-order valence-electron chi connectivity index (χ1n) is 4.55. The highest BCUT2D eigenvalue weighted by atomic mass is 16.5. The van der Waals surface area contributed by atoms with Gasteiger partial charge in [0.2, 0.25) is 5.91 Å². The molecule has 1 amide bonds. The molecule has 0 aliphatic rings. The summed E-state index contributed by atoms with van der Waals surface area (Å²) in [7, 11) is 0. The van der Waals surface area contributed by atoms with Crippen molar-refractivity contribution in [3.63, 3.8) is 0 Å². The number of hydrogen-bond donors (Lipinski definition) is 1. The van der Waals surface area contributed by atoms with Crippen LogP contribution < -0.4 is 5.32 Å². The predicted octanol–water partition coefficient (Wildman–Crippen LogP) is 0.943. The Morgan fingerprint density at radius 1 is 1.54 bits per heavy atom. The van der Waals surface area contributed by atoms with Gasteiger partial charge in [0.1, 0.15) is 0 Å². The summed E-state index contributed by atoms with van der Waals surface area (Å²) < 4.78 is 5.04. The molecule has 0 bridgehead atoms. The molecule has 0 aliphatic heterocycles. The standard InChI is InChI=1S/C10H17NO2/c1-3-5-6-8-11-10(12)7-9-13-4-2/h4,6-9H2,1-2H3,(H,11,12).